The Morgan fingerprint density at radius 2 is 2.06 bits per heavy atom. The fraction of sp³-hybridized carbons (Fsp3) is 0.500. The zero-order chi connectivity index (χ0) is 25.3. The summed E-state index contributed by atoms with van der Waals surface area (Å²) in [4.78, 5) is 7.12. The van der Waals surface area contributed by atoms with E-state index >= 15 is 0 Å². The van der Waals surface area contributed by atoms with Gasteiger partial charge in [-0.05, 0) is 43.5 Å². The maximum atomic E-state index is 12.7. The number of anilines is 2. The van der Waals surface area contributed by atoms with Crippen LogP contribution >= 0.6 is 0 Å². The molecule has 0 saturated carbocycles. The molecule has 2 fully saturated rings. The number of aromatic nitrogens is 3. The molecular weight excluding hydrogens is 470 g/mol. The van der Waals surface area contributed by atoms with Gasteiger partial charge in [-0.1, -0.05) is 6.07 Å². The molecule has 0 bridgehead atoms. The average Bonchev–Trinajstić information content (AvgIpc) is 3.30. The predicted octanol–water partition coefficient (Wildman–Crippen LogP) is 4.41. The van der Waals surface area contributed by atoms with Crippen LogP contribution in [0.15, 0.2) is 35.6 Å². The number of hydrogen-bond donors (Lipinski definition) is 3. The second-order valence-electron chi connectivity index (χ2n) is 9.48. The van der Waals surface area contributed by atoms with Crippen molar-refractivity contribution in [2.24, 2.45) is 5.11 Å². The molecule has 4 heterocycles. The van der Waals surface area contributed by atoms with Gasteiger partial charge in [0.2, 0.25) is 11.8 Å². The standard InChI is InChI=1S/C24H30F2N8O2/c1-24(13-36-14-24)33-8-5-16(6-9-33)29-23-30-22(35-2)21-17(7-10-34(21)32-23)15-3-4-18(31-27)19(11-15)28-12-20(25)26/h3-4,7,10-11,16,20,27-28H,5-6,8-9,12-14H2,1-2H3,(H,29,32). The van der Waals surface area contributed by atoms with Gasteiger partial charge in [0, 0.05) is 30.9 Å². The van der Waals surface area contributed by atoms with E-state index < -0.39 is 13.0 Å². The van der Waals surface area contributed by atoms with Gasteiger partial charge in [0.1, 0.15) is 11.2 Å². The molecule has 3 aromatic rings. The number of hydrogen-bond acceptors (Lipinski definition) is 9. The van der Waals surface area contributed by atoms with Crippen molar-refractivity contribution in [3.05, 3.63) is 30.5 Å². The van der Waals surface area contributed by atoms with Gasteiger partial charge in [0.15, 0.2) is 0 Å². The first-order valence-corrected chi connectivity index (χ1v) is 12.0. The second-order valence-corrected chi connectivity index (χ2v) is 9.48. The number of nitrogens with zero attached hydrogens (tertiary/aromatic N) is 5. The smallest absolute Gasteiger partial charge is 0.255 e. The Morgan fingerprint density at radius 3 is 2.69 bits per heavy atom. The van der Waals surface area contributed by atoms with E-state index in [-0.39, 0.29) is 17.3 Å². The summed E-state index contributed by atoms with van der Waals surface area (Å²) in [7, 11) is 1.56. The van der Waals surface area contributed by atoms with Crippen molar-refractivity contribution in [1.29, 1.82) is 5.53 Å². The highest BCUT2D eigenvalue weighted by molar-refractivity contribution is 5.87. The number of methoxy groups -OCH3 is 1. The largest absolute Gasteiger partial charge is 0.479 e. The lowest BCUT2D eigenvalue weighted by Gasteiger charge is -2.49. The summed E-state index contributed by atoms with van der Waals surface area (Å²) in [6.45, 7) is 5.30. The predicted molar refractivity (Wildman–Crippen MR) is 132 cm³/mol. The summed E-state index contributed by atoms with van der Waals surface area (Å²) in [6, 6.07) is 7.22. The van der Waals surface area contributed by atoms with E-state index in [9.17, 15) is 8.78 Å². The summed E-state index contributed by atoms with van der Waals surface area (Å²) in [5.74, 6) is 0.890. The fourth-order valence-corrected chi connectivity index (χ4v) is 4.88. The number of ether oxygens (including phenoxy) is 2. The number of nitrogens with one attached hydrogen (secondary N) is 3. The number of fused-ring (bicyclic) bond motifs is 1. The molecule has 2 aliphatic rings. The van der Waals surface area contributed by atoms with Crippen LogP contribution in [0.1, 0.15) is 19.8 Å². The molecule has 12 heteroatoms. The minimum Gasteiger partial charge on any atom is -0.479 e. The lowest BCUT2D eigenvalue weighted by Crippen LogP contribution is -2.62. The van der Waals surface area contributed by atoms with Crippen LogP contribution in [0.25, 0.3) is 16.6 Å². The van der Waals surface area contributed by atoms with Crippen LogP contribution in [-0.2, 0) is 4.74 Å². The van der Waals surface area contributed by atoms with E-state index in [2.05, 4.69) is 37.7 Å². The van der Waals surface area contributed by atoms with Gasteiger partial charge in [-0.15, -0.1) is 5.10 Å². The summed E-state index contributed by atoms with van der Waals surface area (Å²) in [5.41, 5.74) is 10.3. The van der Waals surface area contributed by atoms with E-state index in [0.29, 0.717) is 23.0 Å². The second kappa shape index (κ2) is 9.94. The van der Waals surface area contributed by atoms with E-state index in [1.165, 1.54) is 0 Å². The zero-order valence-corrected chi connectivity index (χ0v) is 20.3. The van der Waals surface area contributed by atoms with Crippen molar-refractivity contribution in [3.8, 4) is 17.0 Å². The van der Waals surface area contributed by atoms with Crippen molar-refractivity contribution in [2.45, 2.75) is 37.8 Å². The molecule has 0 aliphatic carbocycles. The van der Waals surface area contributed by atoms with Crippen LogP contribution in [0.4, 0.5) is 26.1 Å². The SMILES string of the molecule is COc1nc(NC2CCN(C3(C)COC3)CC2)nn2ccc(-c3ccc(N=N)c(NCC(F)F)c3)c12. The van der Waals surface area contributed by atoms with Gasteiger partial charge in [-0.3, -0.25) is 4.90 Å². The first-order valence-electron chi connectivity index (χ1n) is 12.0. The molecule has 1 aromatic carbocycles. The Labute approximate surface area is 207 Å². The molecule has 2 saturated heterocycles. The molecule has 2 aliphatic heterocycles. The zero-order valence-electron chi connectivity index (χ0n) is 20.3. The van der Waals surface area contributed by atoms with Crippen molar-refractivity contribution in [2.75, 3.05) is 50.6 Å². The van der Waals surface area contributed by atoms with Gasteiger partial charge in [0.25, 0.3) is 6.43 Å². The van der Waals surface area contributed by atoms with Crippen LogP contribution in [-0.4, -0.2) is 77.5 Å². The summed E-state index contributed by atoms with van der Waals surface area (Å²) < 4.78 is 38.2. The average molecular weight is 501 g/mol. The molecular formula is C24H30F2N8O2. The number of piperidine rings is 1. The van der Waals surface area contributed by atoms with E-state index in [4.69, 9.17) is 15.0 Å². The van der Waals surface area contributed by atoms with Crippen LogP contribution < -0.4 is 15.4 Å². The first-order chi connectivity index (χ1) is 17.4. The lowest BCUT2D eigenvalue weighted by molar-refractivity contribution is -0.135. The third-order valence-corrected chi connectivity index (χ3v) is 6.96. The lowest BCUT2D eigenvalue weighted by atomic mass is 9.93. The molecule has 192 valence electrons. The molecule has 0 unspecified atom stereocenters. The minimum absolute atomic E-state index is 0.160. The van der Waals surface area contributed by atoms with Crippen LogP contribution in [0.3, 0.4) is 0 Å². The van der Waals surface area contributed by atoms with E-state index in [1.54, 1.807) is 29.8 Å². The monoisotopic (exact) mass is 500 g/mol. The molecule has 0 atom stereocenters. The molecule has 10 nitrogen and oxygen atoms in total. The first kappa shape index (κ1) is 24.3. The van der Waals surface area contributed by atoms with Gasteiger partial charge < -0.3 is 20.1 Å². The molecule has 2 aromatic heterocycles. The van der Waals surface area contributed by atoms with Crippen LogP contribution in [0.2, 0.25) is 0 Å². The van der Waals surface area contributed by atoms with Crippen molar-refractivity contribution in [3.63, 3.8) is 0 Å². The third-order valence-electron chi connectivity index (χ3n) is 6.96. The number of benzene rings is 1. The molecule has 3 N–H and O–H groups in total. The van der Waals surface area contributed by atoms with Crippen molar-refractivity contribution < 1.29 is 18.3 Å². The van der Waals surface area contributed by atoms with E-state index in [0.717, 1.165) is 50.3 Å². The Bertz CT molecular complexity index is 1240. The molecule has 0 amide bonds. The molecule has 0 radical (unpaired) electrons. The summed E-state index contributed by atoms with van der Waals surface area (Å²) in [5, 5.41) is 14.2. The maximum absolute atomic E-state index is 12.7. The summed E-state index contributed by atoms with van der Waals surface area (Å²) >= 11 is 0. The highest BCUT2D eigenvalue weighted by Crippen LogP contribution is 2.36. The number of alkyl halides is 2. The number of halogens is 2. The van der Waals surface area contributed by atoms with Crippen LogP contribution in [0, 0.1) is 5.53 Å². The van der Waals surface area contributed by atoms with Gasteiger partial charge in [0.05, 0.1) is 38.1 Å². The summed E-state index contributed by atoms with van der Waals surface area (Å²) in [6.07, 6.45) is 1.26. The minimum atomic E-state index is -2.52. The Kier molecular flexibility index (Phi) is 6.71. The Morgan fingerprint density at radius 1 is 1.28 bits per heavy atom. The number of likely N-dealkylation sites (tertiary alicyclic amines) is 1. The van der Waals surface area contributed by atoms with Crippen LogP contribution in [0.5, 0.6) is 5.88 Å². The quantitative estimate of drug-likeness (QED) is 0.373. The molecule has 0 spiro atoms. The van der Waals surface area contributed by atoms with Gasteiger partial charge in [-0.25, -0.2) is 18.8 Å². The Balaban J connectivity index is 1.37. The highest BCUT2D eigenvalue weighted by atomic mass is 19.3. The van der Waals surface area contributed by atoms with Crippen molar-refractivity contribution >= 4 is 22.8 Å². The van der Waals surface area contributed by atoms with Gasteiger partial charge >= 0.3 is 0 Å². The molecule has 36 heavy (non-hydrogen) atoms. The van der Waals surface area contributed by atoms with Gasteiger partial charge in [-0.2, -0.15) is 10.1 Å². The topological polar surface area (TPSA) is 112 Å². The normalized spacial score (nSPS) is 18.2. The fourth-order valence-electron chi connectivity index (χ4n) is 4.88. The van der Waals surface area contributed by atoms with E-state index in [1.807, 2.05) is 12.3 Å². The van der Waals surface area contributed by atoms with Crippen molar-refractivity contribution in [1.82, 2.24) is 19.5 Å². The molecule has 5 rings (SSSR count). The third kappa shape index (κ3) is 4.70. The maximum Gasteiger partial charge on any atom is 0.255 e. The number of rotatable bonds is 9. The Hall–Kier alpha value is -3.38. The highest BCUT2D eigenvalue weighted by Gasteiger charge is 2.40.